The maximum atomic E-state index is 12.1. The molecule has 1 aliphatic heterocycles. The predicted molar refractivity (Wildman–Crippen MR) is 101 cm³/mol. The van der Waals surface area contributed by atoms with Crippen molar-refractivity contribution in [3.05, 3.63) is 64.6 Å². The lowest BCUT2D eigenvalue weighted by atomic mass is 10.0. The van der Waals surface area contributed by atoms with Gasteiger partial charge in [0.2, 0.25) is 0 Å². The zero-order valence-corrected chi connectivity index (χ0v) is 15.1. The molecule has 1 saturated heterocycles. The van der Waals surface area contributed by atoms with Crippen LogP contribution in [0.15, 0.2) is 59.1 Å². The van der Waals surface area contributed by atoms with E-state index in [1.165, 1.54) is 5.56 Å². The molecule has 0 spiro atoms. The number of nitrogens with zero attached hydrogens (tertiary/aromatic N) is 1. The molecule has 126 valence electrons. The van der Waals surface area contributed by atoms with Crippen molar-refractivity contribution in [3.63, 3.8) is 0 Å². The van der Waals surface area contributed by atoms with Gasteiger partial charge in [-0.25, -0.2) is 4.79 Å². The van der Waals surface area contributed by atoms with E-state index in [4.69, 9.17) is 0 Å². The standard InChI is InChI=1S/C19H22BrN3O/c20-16-7-4-8-18(13-16)22-19(24)21-17-9-11-23(12-10-17)14-15-5-2-1-3-6-15/h1-8,13,17H,9-12,14H2,(H2,21,22,24). The number of carbonyl (C=O) groups excluding carboxylic acids is 1. The third-order valence-electron chi connectivity index (χ3n) is 4.25. The summed E-state index contributed by atoms with van der Waals surface area (Å²) in [6, 6.07) is 18.3. The lowest BCUT2D eigenvalue weighted by Gasteiger charge is -2.32. The van der Waals surface area contributed by atoms with Gasteiger partial charge in [0.25, 0.3) is 0 Å². The Labute approximate surface area is 151 Å². The van der Waals surface area contributed by atoms with Gasteiger partial charge in [-0.2, -0.15) is 0 Å². The van der Waals surface area contributed by atoms with Gasteiger partial charge in [0.1, 0.15) is 0 Å². The highest BCUT2D eigenvalue weighted by atomic mass is 79.9. The first-order valence-electron chi connectivity index (χ1n) is 8.28. The highest BCUT2D eigenvalue weighted by molar-refractivity contribution is 9.10. The van der Waals surface area contributed by atoms with E-state index in [-0.39, 0.29) is 12.1 Å². The molecule has 0 bridgehead atoms. The summed E-state index contributed by atoms with van der Waals surface area (Å²) in [7, 11) is 0. The Morgan fingerprint density at radius 1 is 1.08 bits per heavy atom. The number of nitrogens with one attached hydrogen (secondary N) is 2. The number of likely N-dealkylation sites (tertiary alicyclic amines) is 1. The highest BCUT2D eigenvalue weighted by Gasteiger charge is 2.20. The number of carbonyl (C=O) groups is 1. The fourth-order valence-electron chi connectivity index (χ4n) is 3.00. The van der Waals surface area contributed by atoms with Gasteiger partial charge in [0.15, 0.2) is 0 Å². The SMILES string of the molecule is O=C(Nc1cccc(Br)c1)NC1CCN(Cc2ccccc2)CC1. The molecule has 2 amide bonds. The van der Waals surface area contributed by atoms with E-state index >= 15 is 0 Å². The molecule has 1 aliphatic rings. The zero-order chi connectivity index (χ0) is 16.8. The molecule has 24 heavy (non-hydrogen) atoms. The molecular formula is C19H22BrN3O. The van der Waals surface area contributed by atoms with E-state index in [1.54, 1.807) is 0 Å². The van der Waals surface area contributed by atoms with Crippen LogP contribution in [0.3, 0.4) is 0 Å². The second kappa shape index (κ2) is 8.31. The first-order chi connectivity index (χ1) is 11.7. The van der Waals surface area contributed by atoms with Crippen LogP contribution < -0.4 is 10.6 Å². The molecule has 0 atom stereocenters. The molecule has 0 aromatic heterocycles. The summed E-state index contributed by atoms with van der Waals surface area (Å²) in [5.74, 6) is 0. The lowest BCUT2D eigenvalue weighted by Crippen LogP contribution is -2.45. The summed E-state index contributed by atoms with van der Waals surface area (Å²) < 4.78 is 0.953. The number of benzene rings is 2. The number of amides is 2. The summed E-state index contributed by atoms with van der Waals surface area (Å²) in [5, 5.41) is 5.97. The summed E-state index contributed by atoms with van der Waals surface area (Å²) >= 11 is 3.41. The quantitative estimate of drug-likeness (QED) is 0.823. The molecule has 0 unspecified atom stereocenters. The highest BCUT2D eigenvalue weighted by Crippen LogP contribution is 2.16. The fraction of sp³-hybridized carbons (Fsp3) is 0.316. The third kappa shape index (κ3) is 5.08. The Morgan fingerprint density at radius 2 is 1.83 bits per heavy atom. The minimum Gasteiger partial charge on any atom is -0.335 e. The number of hydrogen-bond donors (Lipinski definition) is 2. The van der Waals surface area contributed by atoms with Crippen molar-refractivity contribution in [2.24, 2.45) is 0 Å². The number of halogens is 1. The largest absolute Gasteiger partial charge is 0.335 e. The average molecular weight is 388 g/mol. The normalized spacial score (nSPS) is 15.9. The van der Waals surface area contributed by atoms with E-state index in [9.17, 15) is 4.79 Å². The van der Waals surface area contributed by atoms with Crippen molar-refractivity contribution in [2.45, 2.75) is 25.4 Å². The molecule has 4 nitrogen and oxygen atoms in total. The van der Waals surface area contributed by atoms with Crippen LogP contribution in [0.5, 0.6) is 0 Å². The molecule has 3 rings (SSSR count). The Balaban J connectivity index is 1.42. The minimum absolute atomic E-state index is 0.130. The number of urea groups is 1. The number of anilines is 1. The zero-order valence-electron chi connectivity index (χ0n) is 13.5. The van der Waals surface area contributed by atoms with Gasteiger partial charge >= 0.3 is 6.03 Å². The maximum absolute atomic E-state index is 12.1. The molecule has 0 radical (unpaired) electrons. The molecule has 2 N–H and O–H groups in total. The van der Waals surface area contributed by atoms with Gasteiger partial charge in [0, 0.05) is 35.8 Å². The fourth-order valence-corrected chi connectivity index (χ4v) is 3.40. The molecule has 1 heterocycles. The second-order valence-electron chi connectivity index (χ2n) is 6.14. The van der Waals surface area contributed by atoms with Gasteiger partial charge < -0.3 is 10.6 Å². The van der Waals surface area contributed by atoms with Crippen molar-refractivity contribution >= 4 is 27.6 Å². The summed E-state index contributed by atoms with van der Waals surface area (Å²) in [5.41, 5.74) is 2.14. The van der Waals surface area contributed by atoms with Gasteiger partial charge in [0.05, 0.1) is 0 Å². The Morgan fingerprint density at radius 3 is 2.54 bits per heavy atom. The van der Waals surface area contributed by atoms with Gasteiger partial charge in [-0.05, 0) is 36.6 Å². The second-order valence-corrected chi connectivity index (χ2v) is 7.06. The van der Waals surface area contributed by atoms with Crippen LogP contribution in [0.2, 0.25) is 0 Å². The smallest absolute Gasteiger partial charge is 0.319 e. The molecule has 0 saturated carbocycles. The van der Waals surface area contributed by atoms with E-state index in [1.807, 2.05) is 30.3 Å². The van der Waals surface area contributed by atoms with Crippen LogP contribution in [0.25, 0.3) is 0 Å². The van der Waals surface area contributed by atoms with E-state index in [0.717, 1.165) is 42.6 Å². The van der Waals surface area contributed by atoms with Crippen LogP contribution in [-0.4, -0.2) is 30.1 Å². The number of rotatable bonds is 4. The molecular weight excluding hydrogens is 366 g/mol. The van der Waals surface area contributed by atoms with Gasteiger partial charge in [-0.15, -0.1) is 0 Å². The van der Waals surface area contributed by atoms with Crippen LogP contribution in [0.4, 0.5) is 10.5 Å². The van der Waals surface area contributed by atoms with E-state index in [0.29, 0.717) is 0 Å². The van der Waals surface area contributed by atoms with Crippen LogP contribution >= 0.6 is 15.9 Å². The van der Waals surface area contributed by atoms with Crippen molar-refractivity contribution in [1.82, 2.24) is 10.2 Å². The topological polar surface area (TPSA) is 44.4 Å². The van der Waals surface area contributed by atoms with Gasteiger partial charge in [-0.3, -0.25) is 4.90 Å². The molecule has 0 aliphatic carbocycles. The molecule has 5 heteroatoms. The van der Waals surface area contributed by atoms with E-state index in [2.05, 4.69) is 55.7 Å². The molecule has 1 fully saturated rings. The first-order valence-corrected chi connectivity index (χ1v) is 9.08. The van der Waals surface area contributed by atoms with Gasteiger partial charge in [-0.1, -0.05) is 52.3 Å². The van der Waals surface area contributed by atoms with Crippen molar-refractivity contribution in [3.8, 4) is 0 Å². The first kappa shape index (κ1) is 17.0. The predicted octanol–water partition coefficient (Wildman–Crippen LogP) is 4.24. The van der Waals surface area contributed by atoms with E-state index < -0.39 is 0 Å². The Kier molecular flexibility index (Phi) is 5.88. The van der Waals surface area contributed by atoms with Crippen molar-refractivity contribution < 1.29 is 4.79 Å². The third-order valence-corrected chi connectivity index (χ3v) is 4.75. The number of hydrogen-bond acceptors (Lipinski definition) is 2. The summed E-state index contributed by atoms with van der Waals surface area (Å²) in [6.45, 7) is 3.01. The minimum atomic E-state index is -0.130. The van der Waals surface area contributed by atoms with Crippen LogP contribution in [-0.2, 0) is 6.54 Å². The van der Waals surface area contributed by atoms with Crippen molar-refractivity contribution in [2.75, 3.05) is 18.4 Å². The van der Waals surface area contributed by atoms with Crippen LogP contribution in [0, 0.1) is 0 Å². The Bertz CT molecular complexity index is 669. The summed E-state index contributed by atoms with van der Waals surface area (Å²) in [6.07, 6.45) is 1.97. The van der Waals surface area contributed by atoms with Crippen LogP contribution in [0.1, 0.15) is 18.4 Å². The summed E-state index contributed by atoms with van der Waals surface area (Å²) in [4.78, 5) is 14.6. The lowest BCUT2D eigenvalue weighted by molar-refractivity contribution is 0.190. The molecule has 2 aromatic rings. The maximum Gasteiger partial charge on any atom is 0.319 e. The number of piperidine rings is 1. The average Bonchev–Trinajstić information content (AvgIpc) is 2.57. The van der Waals surface area contributed by atoms with Crippen molar-refractivity contribution in [1.29, 1.82) is 0 Å². The Hall–Kier alpha value is -1.85. The molecule has 2 aromatic carbocycles. The monoisotopic (exact) mass is 387 g/mol.